The number of carbonyl (C=O) groups is 3. The predicted octanol–water partition coefficient (Wildman–Crippen LogP) is 1.55. The number of likely N-dealkylation sites (N-methyl/N-ethyl adjacent to an activating group) is 2. The zero-order chi connectivity index (χ0) is 20.8. The van der Waals surface area contributed by atoms with Gasteiger partial charge in [0.15, 0.2) is 0 Å². The minimum atomic E-state index is -0.344. The van der Waals surface area contributed by atoms with Gasteiger partial charge in [-0.15, -0.1) is 0 Å². The molecule has 0 aliphatic heterocycles. The van der Waals surface area contributed by atoms with Gasteiger partial charge in [0.1, 0.15) is 0 Å². The summed E-state index contributed by atoms with van der Waals surface area (Å²) >= 11 is 0. The van der Waals surface area contributed by atoms with E-state index < -0.39 is 0 Å². The summed E-state index contributed by atoms with van der Waals surface area (Å²) in [6, 6.07) is 5.82. The van der Waals surface area contributed by atoms with Crippen molar-refractivity contribution in [2.24, 2.45) is 0 Å². The zero-order valence-corrected chi connectivity index (χ0v) is 17.5. The van der Waals surface area contributed by atoms with Crippen LogP contribution < -0.4 is 10.6 Å². The number of aryl methyl sites for hydroxylation is 2. The number of para-hydroxylation sites is 1. The third kappa shape index (κ3) is 8.21. The monoisotopic (exact) mass is 376 g/mol. The Balaban J connectivity index is 2.51. The minimum Gasteiger partial charge on any atom is -0.350 e. The lowest BCUT2D eigenvalue weighted by molar-refractivity contribution is -0.136. The van der Waals surface area contributed by atoms with Gasteiger partial charge in [-0.2, -0.15) is 0 Å². The van der Waals surface area contributed by atoms with Crippen molar-refractivity contribution >= 4 is 23.4 Å². The summed E-state index contributed by atoms with van der Waals surface area (Å²) in [5.74, 6) is -0.619. The lowest BCUT2D eigenvalue weighted by Gasteiger charge is -2.25. The summed E-state index contributed by atoms with van der Waals surface area (Å²) in [5.41, 5.74) is 2.44. The third-order valence-corrected chi connectivity index (χ3v) is 3.89. The summed E-state index contributed by atoms with van der Waals surface area (Å²) < 4.78 is 0. The number of hydrogen-bond acceptors (Lipinski definition) is 4. The van der Waals surface area contributed by atoms with Crippen LogP contribution in [0.3, 0.4) is 0 Å². The summed E-state index contributed by atoms with van der Waals surface area (Å²) in [6.45, 7) is 9.65. The van der Waals surface area contributed by atoms with Crippen molar-refractivity contribution in [2.45, 2.75) is 40.2 Å². The van der Waals surface area contributed by atoms with E-state index in [2.05, 4.69) is 10.6 Å². The average molecular weight is 377 g/mol. The molecule has 0 heterocycles. The van der Waals surface area contributed by atoms with Crippen molar-refractivity contribution in [3.63, 3.8) is 0 Å². The number of anilines is 1. The van der Waals surface area contributed by atoms with Crippen LogP contribution in [0.2, 0.25) is 0 Å². The fourth-order valence-corrected chi connectivity index (χ4v) is 2.60. The second-order valence-corrected chi connectivity index (χ2v) is 8.04. The molecule has 0 aliphatic carbocycles. The lowest BCUT2D eigenvalue weighted by Crippen LogP contribution is -2.48. The molecule has 1 aromatic rings. The minimum absolute atomic E-state index is 0.0153. The van der Waals surface area contributed by atoms with Gasteiger partial charge in [-0.05, 0) is 52.8 Å². The van der Waals surface area contributed by atoms with E-state index in [1.54, 1.807) is 19.0 Å². The highest BCUT2D eigenvalue weighted by Crippen LogP contribution is 2.19. The quantitative estimate of drug-likeness (QED) is 0.756. The Labute approximate surface area is 162 Å². The summed E-state index contributed by atoms with van der Waals surface area (Å²) in [5, 5.41) is 5.72. The van der Waals surface area contributed by atoms with Gasteiger partial charge >= 0.3 is 0 Å². The fourth-order valence-electron chi connectivity index (χ4n) is 2.60. The molecule has 0 aromatic heterocycles. The van der Waals surface area contributed by atoms with Gasteiger partial charge in [0.2, 0.25) is 17.7 Å². The Hall–Kier alpha value is -2.41. The first-order chi connectivity index (χ1) is 12.4. The maximum absolute atomic E-state index is 12.3. The van der Waals surface area contributed by atoms with Crippen molar-refractivity contribution in [1.29, 1.82) is 0 Å². The molecule has 0 fully saturated rings. The first-order valence-electron chi connectivity index (χ1n) is 8.98. The molecule has 7 nitrogen and oxygen atoms in total. The van der Waals surface area contributed by atoms with Crippen LogP contribution in [-0.2, 0) is 14.4 Å². The lowest BCUT2D eigenvalue weighted by atomic mass is 10.1. The van der Waals surface area contributed by atoms with Crippen LogP contribution in [0.4, 0.5) is 5.69 Å². The highest BCUT2D eigenvalue weighted by molar-refractivity contribution is 5.94. The molecule has 0 spiro atoms. The molecule has 0 saturated heterocycles. The van der Waals surface area contributed by atoms with Crippen LogP contribution in [0.5, 0.6) is 0 Å². The van der Waals surface area contributed by atoms with E-state index in [1.165, 1.54) is 4.90 Å². The van der Waals surface area contributed by atoms with Crippen molar-refractivity contribution in [3.8, 4) is 0 Å². The van der Waals surface area contributed by atoms with E-state index in [0.717, 1.165) is 16.8 Å². The molecule has 0 unspecified atom stereocenters. The van der Waals surface area contributed by atoms with Crippen molar-refractivity contribution in [2.75, 3.05) is 39.0 Å². The molecule has 1 aromatic carbocycles. The Morgan fingerprint density at radius 2 is 1.48 bits per heavy atom. The van der Waals surface area contributed by atoms with E-state index in [4.69, 9.17) is 0 Å². The van der Waals surface area contributed by atoms with E-state index in [-0.39, 0.29) is 42.9 Å². The third-order valence-electron chi connectivity index (χ3n) is 3.89. The summed E-state index contributed by atoms with van der Waals surface area (Å²) in [4.78, 5) is 39.5. The number of benzene rings is 1. The van der Waals surface area contributed by atoms with Crippen molar-refractivity contribution < 1.29 is 14.4 Å². The molecule has 0 bridgehead atoms. The van der Waals surface area contributed by atoms with E-state index >= 15 is 0 Å². The number of carbonyl (C=O) groups excluding carboxylic acids is 3. The number of amides is 3. The first-order valence-corrected chi connectivity index (χ1v) is 8.98. The molecular formula is C20H32N4O3. The molecule has 1 rings (SSSR count). The van der Waals surface area contributed by atoms with Crippen LogP contribution in [0.15, 0.2) is 18.2 Å². The fraction of sp³-hybridized carbons (Fsp3) is 0.550. The van der Waals surface area contributed by atoms with Crippen LogP contribution in [0.1, 0.15) is 31.9 Å². The molecule has 27 heavy (non-hydrogen) atoms. The standard InChI is InChI=1S/C20H32N4O3/c1-14-9-8-10-15(2)19(14)21-16(25)11-23(6)13-18(27)24(7)12-17(26)22-20(3,4)5/h8-10H,11-13H2,1-7H3,(H,21,25)(H,22,26). The largest absolute Gasteiger partial charge is 0.350 e. The van der Waals surface area contributed by atoms with Gasteiger partial charge in [-0.3, -0.25) is 19.3 Å². The van der Waals surface area contributed by atoms with Gasteiger partial charge in [0.05, 0.1) is 19.6 Å². The van der Waals surface area contributed by atoms with Gasteiger partial charge in [-0.25, -0.2) is 0 Å². The molecular weight excluding hydrogens is 344 g/mol. The second kappa shape index (κ2) is 9.50. The molecule has 0 aliphatic rings. The highest BCUT2D eigenvalue weighted by atomic mass is 16.2. The maximum Gasteiger partial charge on any atom is 0.240 e. The molecule has 0 saturated carbocycles. The van der Waals surface area contributed by atoms with Gasteiger partial charge < -0.3 is 15.5 Å². The number of rotatable bonds is 7. The van der Waals surface area contributed by atoms with Crippen LogP contribution in [0, 0.1) is 13.8 Å². The molecule has 2 N–H and O–H groups in total. The van der Waals surface area contributed by atoms with E-state index in [0.29, 0.717) is 0 Å². The van der Waals surface area contributed by atoms with Gasteiger partial charge in [0, 0.05) is 18.3 Å². The normalized spacial score (nSPS) is 11.3. The number of nitrogens with one attached hydrogen (secondary N) is 2. The highest BCUT2D eigenvalue weighted by Gasteiger charge is 2.19. The maximum atomic E-state index is 12.3. The van der Waals surface area contributed by atoms with E-state index in [9.17, 15) is 14.4 Å². The predicted molar refractivity (Wildman–Crippen MR) is 108 cm³/mol. The van der Waals surface area contributed by atoms with Crippen molar-refractivity contribution in [1.82, 2.24) is 15.1 Å². The van der Waals surface area contributed by atoms with Crippen LogP contribution in [-0.4, -0.2) is 66.8 Å². The van der Waals surface area contributed by atoms with Crippen molar-refractivity contribution in [3.05, 3.63) is 29.3 Å². The second-order valence-electron chi connectivity index (χ2n) is 8.04. The Morgan fingerprint density at radius 3 is 2.00 bits per heavy atom. The molecule has 7 heteroatoms. The Kier molecular flexibility index (Phi) is 7.97. The number of hydrogen-bond donors (Lipinski definition) is 2. The van der Waals surface area contributed by atoms with Gasteiger partial charge in [0.25, 0.3) is 0 Å². The summed E-state index contributed by atoms with van der Waals surface area (Å²) in [7, 11) is 3.28. The molecule has 0 atom stereocenters. The first kappa shape index (κ1) is 22.6. The SMILES string of the molecule is Cc1cccc(C)c1NC(=O)CN(C)CC(=O)N(C)CC(=O)NC(C)(C)C. The Bertz CT molecular complexity index is 675. The smallest absolute Gasteiger partial charge is 0.240 e. The van der Waals surface area contributed by atoms with Gasteiger partial charge in [-0.1, -0.05) is 18.2 Å². The van der Waals surface area contributed by atoms with Crippen LogP contribution in [0.25, 0.3) is 0 Å². The molecule has 150 valence electrons. The topological polar surface area (TPSA) is 81.8 Å². The molecule has 3 amide bonds. The summed E-state index contributed by atoms with van der Waals surface area (Å²) in [6.07, 6.45) is 0. The number of nitrogens with zero attached hydrogens (tertiary/aromatic N) is 2. The van der Waals surface area contributed by atoms with E-state index in [1.807, 2.05) is 52.8 Å². The Morgan fingerprint density at radius 1 is 0.926 bits per heavy atom. The van der Waals surface area contributed by atoms with Crippen LogP contribution >= 0.6 is 0 Å². The zero-order valence-electron chi connectivity index (χ0n) is 17.5. The molecule has 0 radical (unpaired) electrons. The average Bonchev–Trinajstić information content (AvgIpc) is 2.48.